The number of hydrogen-bond acceptors (Lipinski definition) is 8. The van der Waals surface area contributed by atoms with Gasteiger partial charge in [-0.15, -0.1) is 0 Å². The Morgan fingerprint density at radius 2 is 1.89 bits per heavy atom. The highest BCUT2D eigenvalue weighted by Crippen LogP contribution is 2.41. The van der Waals surface area contributed by atoms with Crippen molar-refractivity contribution in [1.82, 2.24) is 0 Å². The summed E-state index contributed by atoms with van der Waals surface area (Å²) < 4.78 is 22.3. The molecular formula is C26H20N2O6S2. The van der Waals surface area contributed by atoms with Crippen molar-refractivity contribution >= 4 is 57.6 Å². The van der Waals surface area contributed by atoms with Crippen LogP contribution in [0.1, 0.15) is 5.56 Å². The molecule has 0 spiro atoms. The number of amides is 2. The van der Waals surface area contributed by atoms with Crippen LogP contribution in [0, 0.1) is 0 Å². The average Bonchev–Trinajstić information content (AvgIpc) is 3.46. The number of ether oxygens (including phenoxy) is 4. The highest BCUT2D eigenvalue weighted by molar-refractivity contribution is 8.27. The van der Waals surface area contributed by atoms with Gasteiger partial charge in [-0.1, -0.05) is 48.2 Å². The van der Waals surface area contributed by atoms with Crippen molar-refractivity contribution in [3.8, 4) is 23.0 Å². The van der Waals surface area contributed by atoms with Crippen LogP contribution in [-0.4, -0.2) is 36.6 Å². The van der Waals surface area contributed by atoms with E-state index in [0.717, 1.165) is 5.56 Å². The molecule has 0 saturated carbocycles. The maximum absolute atomic E-state index is 13.1. The van der Waals surface area contributed by atoms with Crippen LogP contribution in [0.3, 0.4) is 0 Å². The number of carbonyl (C=O) groups excluding carboxylic acids is 2. The number of rotatable bonds is 7. The molecule has 5 rings (SSSR count). The van der Waals surface area contributed by atoms with Crippen LogP contribution in [0.5, 0.6) is 23.0 Å². The van der Waals surface area contributed by atoms with E-state index in [-0.39, 0.29) is 25.2 Å². The molecule has 0 aromatic heterocycles. The van der Waals surface area contributed by atoms with Gasteiger partial charge in [0.25, 0.3) is 11.8 Å². The van der Waals surface area contributed by atoms with Crippen LogP contribution in [-0.2, 0) is 9.59 Å². The summed E-state index contributed by atoms with van der Waals surface area (Å²) in [6, 6.07) is 19.6. The van der Waals surface area contributed by atoms with Gasteiger partial charge >= 0.3 is 0 Å². The van der Waals surface area contributed by atoms with Gasteiger partial charge in [0.15, 0.2) is 33.9 Å². The molecule has 3 aromatic carbocycles. The molecule has 0 atom stereocenters. The zero-order chi connectivity index (χ0) is 25.1. The molecule has 8 nitrogen and oxygen atoms in total. The fourth-order valence-corrected chi connectivity index (χ4v) is 4.92. The van der Waals surface area contributed by atoms with Crippen molar-refractivity contribution in [3.05, 3.63) is 77.2 Å². The zero-order valence-corrected chi connectivity index (χ0v) is 20.7. The Balaban J connectivity index is 1.28. The molecule has 1 fully saturated rings. The second-order valence-electron chi connectivity index (χ2n) is 7.67. The molecule has 182 valence electrons. The van der Waals surface area contributed by atoms with Gasteiger partial charge in [0.2, 0.25) is 6.79 Å². The summed E-state index contributed by atoms with van der Waals surface area (Å²) in [7, 11) is 1.51. The Morgan fingerprint density at radius 3 is 2.69 bits per heavy atom. The minimum absolute atomic E-state index is 0.149. The van der Waals surface area contributed by atoms with Crippen LogP contribution in [0.2, 0.25) is 0 Å². The first-order chi connectivity index (χ1) is 17.5. The minimum Gasteiger partial charge on any atom is -0.493 e. The standard InChI is InChI=1S/C26H20N2O6S2/c1-31-21-11-16(7-9-19(21)32-14-24(29)27-17-5-3-2-4-6-17)12-23-25(30)28(26(35)36-23)18-8-10-20-22(13-18)34-15-33-20/h2-13H,14-15H2,1H3,(H,27,29)/b23-12-. The summed E-state index contributed by atoms with van der Waals surface area (Å²) in [6.45, 7) is -0.0326. The average molecular weight is 521 g/mol. The van der Waals surface area contributed by atoms with Crippen LogP contribution in [0.25, 0.3) is 6.08 Å². The predicted octanol–water partition coefficient (Wildman–Crippen LogP) is 4.85. The van der Waals surface area contributed by atoms with E-state index in [1.807, 2.05) is 18.2 Å². The molecular weight excluding hydrogens is 500 g/mol. The molecule has 1 saturated heterocycles. The third-order valence-electron chi connectivity index (χ3n) is 5.31. The van der Waals surface area contributed by atoms with E-state index in [1.165, 1.54) is 23.8 Å². The van der Waals surface area contributed by atoms with Crippen molar-refractivity contribution in [2.45, 2.75) is 0 Å². The summed E-state index contributed by atoms with van der Waals surface area (Å²) in [4.78, 5) is 27.3. The number of nitrogens with zero attached hydrogens (tertiary/aromatic N) is 1. The fourth-order valence-electron chi connectivity index (χ4n) is 3.62. The zero-order valence-electron chi connectivity index (χ0n) is 19.1. The van der Waals surface area contributed by atoms with E-state index in [0.29, 0.717) is 43.6 Å². The van der Waals surface area contributed by atoms with Crippen LogP contribution in [0.15, 0.2) is 71.6 Å². The molecule has 0 unspecified atom stereocenters. The summed E-state index contributed by atoms with van der Waals surface area (Å²) in [6.07, 6.45) is 1.74. The normalized spacial score (nSPS) is 15.4. The van der Waals surface area contributed by atoms with E-state index in [4.69, 9.17) is 31.2 Å². The molecule has 0 aliphatic carbocycles. The number of hydrogen-bond donors (Lipinski definition) is 1. The molecule has 2 amide bonds. The number of methoxy groups -OCH3 is 1. The van der Waals surface area contributed by atoms with Gasteiger partial charge in [0.05, 0.1) is 17.7 Å². The fraction of sp³-hybridized carbons (Fsp3) is 0.115. The first-order valence-electron chi connectivity index (χ1n) is 10.8. The summed E-state index contributed by atoms with van der Waals surface area (Å²) in [5.74, 6) is 1.52. The minimum atomic E-state index is -0.292. The molecule has 36 heavy (non-hydrogen) atoms. The van der Waals surface area contributed by atoms with Crippen molar-refractivity contribution in [3.63, 3.8) is 0 Å². The van der Waals surface area contributed by atoms with Crippen LogP contribution < -0.4 is 29.2 Å². The number of para-hydroxylation sites is 1. The summed E-state index contributed by atoms with van der Waals surface area (Å²) in [5.41, 5.74) is 2.02. The highest BCUT2D eigenvalue weighted by atomic mass is 32.2. The highest BCUT2D eigenvalue weighted by Gasteiger charge is 2.34. The van der Waals surface area contributed by atoms with Gasteiger partial charge in [0.1, 0.15) is 0 Å². The summed E-state index contributed by atoms with van der Waals surface area (Å²) >= 11 is 6.68. The molecule has 0 radical (unpaired) electrons. The largest absolute Gasteiger partial charge is 0.493 e. The summed E-state index contributed by atoms with van der Waals surface area (Å²) in [5, 5.41) is 2.76. The number of thioether (sulfide) groups is 1. The first kappa shape index (κ1) is 23.7. The van der Waals surface area contributed by atoms with Gasteiger partial charge in [-0.2, -0.15) is 0 Å². The second-order valence-corrected chi connectivity index (χ2v) is 9.34. The van der Waals surface area contributed by atoms with E-state index in [9.17, 15) is 9.59 Å². The van der Waals surface area contributed by atoms with Gasteiger partial charge in [0, 0.05) is 11.8 Å². The Hall–Kier alpha value is -4.02. The molecule has 3 aromatic rings. The molecule has 2 aliphatic rings. The Bertz CT molecular complexity index is 1380. The van der Waals surface area contributed by atoms with E-state index in [2.05, 4.69) is 5.32 Å². The topological polar surface area (TPSA) is 86.3 Å². The number of carbonyl (C=O) groups is 2. The maximum atomic E-state index is 13.1. The lowest BCUT2D eigenvalue weighted by atomic mass is 10.1. The number of anilines is 2. The monoisotopic (exact) mass is 520 g/mol. The molecule has 1 N–H and O–H groups in total. The molecule has 2 aliphatic heterocycles. The van der Waals surface area contributed by atoms with Gasteiger partial charge in [-0.25, -0.2) is 0 Å². The van der Waals surface area contributed by atoms with Crippen molar-refractivity contribution in [2.24, 2.45) is 0 Å². The Kier molecular flexibility index (Phi) is 6.79. The van der Waals surface area contributed by atoms with E-state index < -0.39 is 0 Å². The third kappa shape index (κ3) is 5.00. The van der Waals surface area contributed by atoms with Crippen molar-refractivity contribution < 1.29 is 28.5 Å². The van der Waals surface area contributed by atoms with Gasteiger partial charge in [-0.05, 0) is 48.0 Å². The number of fused-ring (bicyclic) bond motifs is 1. The van der Waals surface area contributed by atoms with E-state index in [1.54, 1.807) is 54.6 Å². The van der Waals surface area contributed by atoms with Crippen LogP contribution >= 0.6 is 24.0 Å². The van der Waals surface area contributed by atoms with Crippen LogP contribution in [0.4, 0.5) is 11.4 Å². The Labute approximate surface area is 216 Å². The van der Waals surface area contributed by atoms with Crippen molar-refractivity contribution in [2.75, 3.05) is 30.7 Å². The Morgan fingerprint density at radius 1 is 1.08 bits per heavy atom. The molecule has 10 heteroatoms. The van der Waals surface area contributed by atoms with Crippen molar-refractivity contribution in [1.29, 1.82) is 0 Å². The maximum Gasteiger partial charge on any atom is 0.270 e. The van der Waals surface area contributed by atoms with E-state index >= 15 is 0 Å². The molecule has 2 heterocycles. The first-order valence-corrected chi connectivity index (χ1v) is 12.1. The lowest BCUT2D eigenvalue weighted by Gasteiger charge is -2.14. The number of nitrogens with one attached hydrogen (secondary N) is 1. The van der Waals surface area contributed by atoms with Gasteiger partial charge in [-0.3, -0.25) is 14.5 Å². The number of benzene rings is 3. The quantitative estimate of drug-likeness (QED) is 0.350. The third-order valence-corrected chi connectivity index (χ3v) is 6.61. The SMILES string of the molecule is COc1cc(/C=C2\SC(=S)N(c3ccc4c(c3)OCO4)C2=O)ccc1OCC(=O)Nc1ccccc1. The lowest BCUT2D eigenvalue weighted by molar-refractivity contribution is -0.118. The number of thiocarbonyl (C=S) groups is 1. The van der Waals surface area contributed by atoms with Gasteiger partial charge < -0.3 is 24.3 Å². The lowest BCUT2D eigenvalue weighted by Crippen LogP contribution is -2.27. The smallest absolute Gasteiger partial charge is 0.270 e. The second kappa shape index (κ2) is 10.3. The predicted molar refractivity (Wildman–Crippen MR) is 142 cm³/mol. The molecule has 0 bridgehead atoms.